The largest absolute Gasteiger partial charge is 0.377 e. The highest BCUT2D eigenvalue weighted by molar-refractivity contribution is 7.80. The van der Waals surface area contributed by atoms with E-state index >= 15 is 0 Å². The van der Waals surface area contributed by atoms with Crippen molar-refractivity contribution in [2.45, 2.75) is 108 Å². The van der Waals surface area contributed by atoms with Gasteiger partial charge in [-0.1, -0.05) is 29.8 Å². The first-order valence-electron chi connectivity index (χ1n) is 19.9. The van der Waals surface area contributed by atoms with Crippen molar-refractivity contribution in [3.05, 3.63) is 58.2 Å². The number of carbonyl (C=O) groups is 4. The number of amides is 3. The van der Waals surface area contributed by atoms with Gasteiger partial charge in [0.1, 0.15) is 11.6 Å². The number of nitrogens with one attached hydrogen (secondary N) is 1. The second kappa shape index (κ2) is 16.5. The topological polar surface area (TPSA) is 144 Å². The van der Waals surface area contributed by atoms with Crippen molar-refractivity contribution < 1.29 is 23.9 Å². The number of benzene rings is 2. The third kappa shape index (κ3) is 8.10. The van der Waals surface area contributed by atoms with E-state index in [9.17, 15) is 24.4 Å². The Labute approximate surface area is 344 Å². The molecular formula is C42H51ClN8O5S. The molecule has 7 rings (SSSR count). The van der Waals surface area contributed by atoms with Crippen molar-refractivity contribution in [3.8, 4) is 6.07 Å². The molecule has 4 fully saturated rings. The Balaban J connectivity index is 0.876. The number of para-hydroxylation sites is 1. The monoisotopic (exact) mass is 814 g/mol. The molecule has 3 saturated heterocycles. The molecular weight excluding hydrogens is 764 g/mol. The molecule has 15 heteroatoms. The van der Waals surface area contributed by atoms with Crippen LogP contribution in [0, 0.1) is 11.3 Å². The van der Waals surface area contributed by atoms with Crippen LogP contribution in [0.5, 0.6) is 0 Å². The number of carbonyl (C=O) groups excluding carboxylic acids is 4. The summed E-state index contributed by atoms with van der Waals surface area (Å²) in [5.41, 5.74) is 2.48. The number of rotatable bonds is 11. The maximum Gasteiger partial charge on any atom is 0.258 e. The van der Waals surface area contributed by atoms with Crippen LogP contribution in [0.15, 0.2) is 36.4 Å². The number of piperidine rings is 1. The fourth-order valence-electron chi connectivity index (χ4n) is 9.44. The first-order valence-corrected chi connectivity index (χ1v) is 20.7. The molecule has 3 atom stereocenters. The average Bonchev–Trinajstić information content (AvgIpc) is 3.58. The number of aromatic nitrogens is 2. The zero-order valence-electron chi connectivity index (χ0n) is 33.3. The molecule has 3 aromatic rings. The van der Waals surface area contributed by atoms with Gasteiger partial charge in [-0.25, -0.2) is 0 Å². The first kappa shape index (κ1) is 40.9. The van der Waals surface area contributed by atoms with Crippen molar-refractivity contribution in [1.82, 2.24) is 29.8 Å². The lowest BCUT2D eigenvalue weighted by Crippen LogP contribution is -2.58. The minimum atomic E-state index is -0.813. The van der Waals surface area contributed by atoms with Gasteiger partial charge in [0.05, 0.1) is 52.7 Å². The predicted octanol–water partition coefficient (Wildman–Crippen LogP) is 4.86. The lowest BCUT2D eigenvalue weighted by molar-refractivity contribution is -0.134. The summed E-state index contributed by atoms with van der Waals surface area (Å²) < 4.78 is 8.18. The van der Waals surface area contributed by atoms with Gasteiger partial charge in [-0.3, -0.25) is 43.9 Å². The quantitative estimate of drug-likeness (QED) is 0.209. The Morgan fingerprint density at radius 1 is 1.07 bits per heavy atom. The van der Waals surface area contributed by atoms with E-state index in [-0.39, 0.29) is 65.6 Å². The average molecular weight is 815 g/mol. The standard InChI is InChI=1S/C42H51ClN8O5S/c1-25-22-48(17-18-56-32-13-11-29(12-14-32)51-41(57)50(40(55)42(51,3)4)30-10-9-28(21-44)35(43)20-30)23-26(2)49(25)24-31(52)19-27-7-6-8-33-37(46-47(5)38(27)33)34-15-16-36(53)45-39(34)54/h6-10,20,25-26,29,32,34H,11-19,22-24H2,1-5H3,(H,45,53,54)/t25-,26+,29?,32?,34?. The molecule has 302 valence electrons. The van der Waals surface area contributed by atoms with E-state index in [1.54, 1.807) is 27.8 Å². The number of ketones is 1. The van der Waals surface area contributed by atoms with E-state index in [1.807, 2.05) is 39.1 Å². The fraction of sp³-hybridized carbons (Fsp3) is 0.548. The van der Waals surface area contributed by atoms with Crippen LogP contribution in [0.1, 0.15) is 89.0 Å². The van der Waals surface area contributed by atoms with Crippen molar-refractivity contribution in [1.29, 1.82) is 5.26 Å². The molecule has 1 aromatic heterocycles. The molecule has 13 nitrogen and oxygen atoms in total. The minimum absolute atomic E-state index is 0.107. The number of Topliss-reactive ketones (excluding diaryl/α,β-unsaturated/α-hetero) is 1. The number of anilines is 1. The van der Waals surface area contributed by atoms with Crippen molar-refractivity contribution >= 4 is 69.0 Å². The van der Waals surface area contributed by atoms with Crippen LogP contribution in [-0.2, 0) is 37.4 Å². The van der Waals surface area contributed by atoms with Crippen LogP contribution in [0.4, 0.5) is 5.69 Å². The molecule has 1 aliphatic carbocycles. The van der Waals surface area contributed by atoms with Gasteiger partial charge in [-0.15, -0.1) is 0 Å². The summed E-state index contributed by atoms with van der Waals surface area (Å²) in [5, 5.41) is 18.0. The molecule has 1 unspecified atom stereocenters. The van der Waals surface area contributed by atoms with Gasteiger partial charge in [0.15, 0.2) is 10.9 Å². The summed E-state index contributed by atoms with van der Waals surface area (Å²) in [6.07, 6.45) is 4.59. The molecule has 2 aromatic carbocycles. The number of hydrogen-bond acceptors (Lipinski definition) is 10. The summed E-state index contributed by atoms with van der Waals surface area (Å²) in [4.78, 5) is 60.0. The molecule has 3 amide bonds. The van der Waals surface area contributed by atoms with Gasteiger partial charge in [0, 0.05) is 63.0 Å². The highest BCUT2D eigenvalue weighted by atomic mass is 35.5. The fourth-order valence-corrected chi connectivity index (χ4v) is 10.2. The molecule has 1 saturated carbocycles. The highest BCUT2D eigenvalue weighted by Gasteiger charge is 2.52. The third-order valence-electron chi connectivity index (χ3n) is 12.3. The zero-order valence-corrected chi connectivity index (χ0v) is 34.9. The van der Waals surface area contributed by atoms with E-state index in [0.717, 1.165) is 61.8 Å². The predicted molar refractivity (Wildman–Crippen MR) is 221 cm³/mol. The zero-order chi connectivity index (χ0) is 40.8. The van der Waals surface area contributed by atoms with Gasteiger partial charge in [0.2, 0.25) is 11.8 Å². The Bertz CT molecular complexity index is 2130. The summed E-state index contributed by atoms with van der Waals surface area (Å²) in [6.45, 7) is 11.7. The number of ether oxygens (including phenoxy) is 1. The van der Waals surface area contributed by atoms with E-state index in [2.05, 4.69) is 45.0 Å². The number of fused-ring (bicyclic) bond motifs is 1. The molecule has 4 heterocycles. The highest BCUT2D eigenvalue weighted by Crippen LogP contribution is 2.39. The molecule has 0 spiro atoms. The number of nitriles is 1. The van der Waals surface area contributed by atoms with E-state index in [1.165, 1.54) is 0 Å². The number of aryl methyl sites for hydroxylation is 1. The normalized spacial score (nSPS) is 25.9. The summed E-state index contributed by atoms with van der Waals surface area (Å²) in [5.74, 6) is -1.05. The van der Waals surface area contributed by atoms with Crippen LogP contribution >= 0.6 is 23.8 Å². The Hall–Kier alpha value is -4.26. The molecule has 57 heavy (non-hydrogen) atoms. The number of piperazine rings is 1. The number of halogens is 1. The van der Waals surface area contributed by atoms with E-state index in [4.69, 9.17) is 28.6 Å². The Morgan fingerprint density at radius 3 is 2.46 bits per heavy atom. The van der Waals surface area contributed by atoms with Gasteiger partial charge in [-0.05, 0) is 95.8 Å². The van der Waals surface area contributed by atoms with Crippen LogP contribution in [-0.4, -0.2) is 116 Å². The third-order valence-corrected chi connectivity index (χ3v) is 13.0. The van der Waals surface area contributed by atoms with Crippen LogP contribution in [0.3, 0.4) is 0 Å². The summed E-state index contributed by atoms with van der Waals surface area (Å²) in [6, 6.07) is 13.3. The first-order chi connectivity index (χ1) is 27.2. The number of thiocarbonyl (C=S) groups is 1. The van der Waals surface area contributed by atoms with Gasteiger partial charge in [0.25, 0.3) is 5.91 Å². The van der Waals surface area contributed by atoms with Crippen molar-refractivity contribution in [3.63, 3.8) is 0 Å². The second-order valence-electron chi connectivity index (χ2n) is 16.6. The number of nitrogens with zero attached hydrogens (tertiary/aromatic N) is 7. The lowest BCUT2D eigenvalue weighted by Gasteiger charge is -2.44. The van der Waals surface area contributed by atoms with Crippen LogP contribution < -0.4 is 10.2 Å². The molecule has 1 N–H and O–H groups in total. The van der Waals surface area contributed by atoms with Crippen molar-refractivity contribution in [2.75, 3.05) is 37.7 Å². The lowest BCUT2D eigenvalue weighted by atomic mass is 9.89. The molecule has 3 aliphatic heterocycles. The Kier molecular flexibility index (Phi) is 11.9. The molecule has 0 bridgehead atoms. The van der Waals surface area contributed by atoms with Crippen LogP contribution in [0.2, 0.25) is 5.02 Å². The number of imide groups is 1. The SMILES string of the molecule is C[C@@H]1CN(CCOC2CCC(N3C(=S)N(c4ccc(C#N)c(Cl)c4)C(=O)C3(C)C)CC2)C[C@H](C)N1CC(=O)Cc1cccc2c(C3CCC(=O)NC3=O)nn(C)c12. The second-order valence-corrected chi connectivity index (χ2v) is 17.4. The summed E-state index contributed by atoms with van der Waals surface area (Å²) in [7, 11) is 1.84. The Morgan fingerprint density at radius 2 is 1.79 bits per heavy atom. The maximum absolute atomic E-state index is 13.6. The summed E-state index contributed by atoms with van der Waals surface area (Å²) >= 11 is 12.2. The van der Waals surface area contributed by atoms with Crippen LogP contribution in [0.25, 0.3) is 10.9 Å². The minimum Gasteiger partial charge on any atom is -0.377 e. The molecule has 0 radical (unpaired) electrons. The molecule has 4 aliphatic rings. The smallest absolute Gasteiger partial charge is 0.258 e. The van der Waals surface area contributed by atoms with Gasteiger partial charge in [-0.2, -0.15) is 10.4 Å². The maximum atomic E-state index is 13.6. The van der Waals surface area contributed by atoms with Gasteiger partial charge >= 0.3 is 0 Å². The van der Waals surface area contributed by atoms with Gasteiger partial charge < -0.3 is 9.64 Å². The van der Waals surface area contributed by atoms with E-state index < -0.39 is 11.5 Å². The van der Waals surface area contributed by atoms with E-state index in [0.29, 0.717) is 41.6 Å². The number of hydrogen-bond donors (Lipinski definition) is 1. The van der Waals surface area contributed by atoms with Crippen molar-refractivity contribution in [2.24, 2.45) is 7.05 Å².